The van der Waals surface area contributed by atoms with E-state index in [0.717, 1.165) is 18.8 Å². The summed E-state index contributed by atoms with van der Waals surface area (Å²) in [6, 6.07) is 0. The van der Waals surface area contributed by atoms with Gasteiger partial charge in [-0.25, -0.2) is 0 Å². The van der Waals surface area contributed by atoms with E-state index < -0.39 is 0 Å². The molecule has 2 N–H and O–H groups in total. The molecule has 3 nitrogen and oxygen atoms in total. The highest BCUT2D eigenvalue weighted by Gasteiger charge is 2.28. The minimum atomic E-state index is -0.268. The Morgan fingerprint density at radius 2 is 2.40 bits per heavy atom. The average Bonchev–Trinajstić information content (AvgIpc) is 2.18. The maximum absolute atomic E-state index is 12.1. The Morgan fingerprint density at radius 1 is 1.73 bits per heavy atom. The summed E-state index contributed by atoms with van der Waals surface area (Å²) < 4.78 is 0. The van der Waals surface area contributed by atoms with Crippen LogP contribution in [0.25, 0.3) is 0 Å². The SMILES string of the molecule is CCC(C(=O)N1CCSC(C)C1)C(N)=S. The van der Waals surface area contributed by atoms with E-state index in [4.69, 9.17) is 18.0 Å². The van der Waals surface area contributed by atoms with Crippen molar-refractivity contribution in [2.24, 2.45) is 11.7 Å². The van der Waals surface area contributed by atoms with Gasteiger partial charge in [0.2, 0.25) is 5.91 Å². The Morgan fingerprint density at radius 3 is 2.87 bits per heavy atom. The summed E-state index contributed by atoms with van der Waals surface area (Å²) in [5, 5.41) is 0.520. The predicted molar refractivity (Wildman–Crippen MR) is 69.1 cm³/mol. The normalized spacial score (nSPS) is 23.6. The molecule has 0 aromatic carbocycles. The highest BCUT2D eigenvalue weighted by Crippen LogP contribution is 2.20. The molecule has 2 atom stereocenters. The van der Waals surface area contributed by atoms with Crippen LogP contribution in [0.3, 0.4) is 0 Å². The number of amides is 1. The van der Waals surface area contributed by atoms with Gasteiger partial charge in [-0.15, -0.1) is 0 Å². The molecule has 1 rings (SSSR count). The van der Waals surface area contributed by atoms with Crippen LogP contribution < -0.4 is 5.73 Å². The van der Waals surface area contributed by atoms with Crippen LogP contribution in [0.4, 0.5) is 0 Å². The molecule has 0 aliphatic carbocycles. The zero-order valence-corrected chi connectivity index (χ0v) is 10.9. The zero-order valence-electron chi connectivity index (χ0n) is 9.23. The first kappa shape index (κ1) is 12.8. The van der Waals surface area contributed by atoms with Gasteiger partial charge in [-0.3, -0.25) is 4.79 Å². The van der Waals surface area contributed by atoms with E-state index in [1.165, 1.54) is 0 Å². The summed E-state index contributed by atoms with van der Waals surface area (Å²) in [5.74, 6) is 0.855. The molecule has 15 heavy (non-hydrogen) atoms. The van der Waals surface area contributed by atoms with Gasteiger partial charge in [0.05, 0.1) is 10.9 Å². The third-order valence-electron chi connectivity index (χ3n) is 2.60. The lowest BCUT2D eigenvalue weighted by Crippen LogP contribution is -2.46. The summed E-state index contributed by atoms with van der Waals surface area (Å²) >= 11 is 6.83. The number of nitrogens with zero attached hydrogens (tertiary/aromatic N) is 1. The van der Waals surface area contributed by atoms with Gasteiger partial charge >= 0.3 is 0 Å². The van der Waals surface area contributed by atoms with E-state index in [-0.39, 0.29) is 11.8 Å². The van der Waals surface area contributed by atoms with Crippen molar-refractivity contribution in [3.63, 3.8) is 0 Å². The highest BCUT2D eigenvalue weighted by atomic mass is 32.2. The fourth-order valence-electron chi connectivity index (χ4n) is 1.74. The zero-order chi connectivity index (χ0) is 11.4. The van der Waals surface area contributed by atoms with Crippen molar-refractivity contribution in [3.8, 4) is 0 Å². The van der Waals surface area contributed by atoms with Crippen molar-refractivity contribution in [1.29, 1.82) is 0 Å². The van der Waals surface area contributed by atoms with Crippen LogP contribution >= 0.6 is 24.0 Å². The standard InChI is InChI=1S/C10H18N2OS2/c1-3-8(9(11)14)10(13)12-4-5-15-7(2)6-12/h7-8H,3-6H2,1-2H3,(H2,11,14). The first-order chi connectivity index (χ1) is 7.06. The van der Waals surface area contributed by atoms with Gasteiger partial charge in [0, 0.05) is 24.1 Å². The molecule has 1 heterocycles. The molecule has 2 unspecified atom stereocenters. The van der Waals surface area contributed by atoms with Crippen molar-refractivity contribution < 1.29 is 4.79 Å². The van der Waals surface area contributed by atoms with Gasteiger partial charge < -0.3 is 10.6 Å². The Bertz CT molecular complexity index is 258. The number of hydrogen-bond acceptors (Lipinski definition) is 3. The molecule has 0 bridgehead atoms. The van der Waals surface area contributed by atoms with E-state index in [0.29, 0.717) is 16.7 Å². The molecule has 0 saturated carbocycles. The summed E-state index contributed by atoms with van der Waals surface area (Å²) in [7, 11) is 0. The first-order valence-corrected chi connectivity index (χ1v) is 6.71. The van der Waals surface area contributed by atoms with E-state index in [2.05, 4.69) is 6.92 Å². The van der Waals surface area contributed by atoms with E-state index in [1.807, 2.05) is 23.6 Å². The Labute approximate surface area is 101 Å². The van der Waals surface area contributed by atoms with Crippen molar-refractivity contribution in [2.75, 3.05) is 18.8 Å². The van der Waals surface area contributed by atoms with Crippen molar-refractivity contribution in [2.45, 2.75) is 25.5 Å². The molecule has 0 spiro atoms. The number of hydrogen-bond donors (Lipinski definition) is 1. The number of nitrogens with two attached hydrogens (primary N) is 1. The topological polar surface area (TPSA) is 46.3 Å². The van der Waals surface area contributed by atoms with E-state index >= 15 is 0 Å². The van der Waals surface area contributed by atoms with Crippen LogP contribution in [-0.4, -0.2) is 39.9 Å². The molecule has 5 heteroatoms. The lowest BCUT2D eigenvalue weighted by atomic mass is 10.1. The molecular weight excluding hydrogens is 228 g/mol. The Kier molecular flexibility index (Phi) is 4.86. The summed E-state index contributed by atoms with van der Waals surface area (Å²) in [5.41, 5.74) is 5.57. The molecule has 86 valence electrons. The number of thioether (sulfide) groups is 1. The van der Waals surface area contributed by atoms with Gasteiger partial charge in [-0.05, 0) is 6.42 Å². The highest BCUT2D eigenvalue weighted by molar-refractivity contribution is 7.99. The summed E-state index contributed by atoms with van der Waals surface area (Å²) in [6.07, 6.45) is 0.701. The second-order valence-corrected chi connectivity index (χ2v) is 5.85. The molecule has 0 radical (unpaired) electrons. The van der Waals surface area contributed by atoms with E-state index in [9.17, 15) is 4.79 Å². The molecule has 0 aromatic heterocycles. The lowest BCUT2D eigenvalue weighted by molar-refractivity contribution is -0.133. The van der Waals surface area contributed by atoms with Crippen molar-refractivity contribution in [1.82, 2.24) is 4.90 Å². The van der Waals surface area contributed by atoms with Crippen LogP contribution in [-0.2, 0) is 4.79 Å². The number of thiocarbonyl (C=S) groups is 1. The minimum absolute atomic E-state index is 0.108. The fourth-order valence-corrected chi connectivity index (χ4v) is 3.02. The first-order valence-electron chi connectivity index (χ1n) is 5.26. The smallest absolute Gasteiger partial charge is 0.232 e. The quantitative estimate of drug-likeness (QED) is 0.762. The van der Waals surface area contributed by atoms with Gasteiger partial charge in [-0.2, -0.15) is 11.8 Å². The van der Waals surface area contributed by atoms with Gasteiger partial charge in [-0.1, -0.05) is 26.1 Å². The van der Waals surface area contributed by atoms with Crippen LogP contribution in [0.5, 0.6) is 0 Å². The summed E-state index contributed by atoms with van der Waals surface area (Å²) in [6.45, 7) is 5.74. The fraction of sp³-hybridized carbons (Fsp3) is 0.800. The van der Waals surface area contributed by atoms with E-state index in [1.54, 1.807) is 0 Å². The monoisotopic (exact) mass is 246 g/mol. The van der Waals surface area contributed by atoms with Crippen molar-refractivity contribution in [3.05, 3.63) is 0 Å². The number of rotatable bonds is 3. The molecule has 1 saturated heterocycles. The largest absolute Gasteiger partial charge is 0.393 e. The molecule has 1 amide bonds. The molecule has 1 aliphatic rings. The van der Waals surface area contributed by atoms with Gasteiger partial charge in [0.25, 0.3) is 0 Å². The second-order valence-electron chi connectivity index (χ2n) is 3.83. The summed E-state index contributed by atoms with van der Waals surface area (Å²) in [4.78, 5) is 14.3. The lowest BCUT2D eigenvalue weighted by Gasteiger charge is -2.32. The van der Waals surface area contributed by atoms with Crippen LogP contribution in [0.2, 0.25) is 0 Å². The average molecular weight is 246 g/mol. The number of carbonyl (C=O) groups excluding carboxylic acids is 1. The molecule has 1 fully saturated rings. The second kappa shape index (κ2) is 5.70. The predicted octanol–water partition coefficient (Wildman–Crippen LogP) is 1.26. The maximum Gasteiger partial charge on any atom is 0.232 e. The molecule has 1 aliphatic heterocycles. The van der Waals surface area contributed by atoms with Crippen LogP contribution in [0.15, 0.2) is 0 Å². The van der Waals surface area contributed by atoms with Crippen molar-refractivity contribution >= 4 is 34.9 Å². The molecular formula is C10H18N2OS2. The minimum Gasteiger partial charge on any atom is -0.393 e. The Balaban J connectivity index is 2.61. The van der Waals surface area contributed by atoms with Crippen LogP contribution in [0.1, 0.15) is 20.3 Å². The third-order valence-corrected chi connectivity index (χ3v) is 4.02. The maximum atomic E-state index is 12.1. The molecule has 0 aromatic rings. The third kappa shape index (κ3) is 3.34. The van der Waals surface area contributed by atoms with Crippen LogP contribution in [0, 0.1) is 5.92 Å². The Hall–Kier alpha value is -0.290. The van der Waals surface area contributed by atoms with Gasteiger partial charge in [0.1, 0.15) is 0 Å². The number of carbonyl (C=O) groups is 1. The van der Waals surface area contributed by atoms with Gasteiger partial charge in [0.15, 0.2) is 0 Å².